The Bertz CT molecular complexity index is 1060. The highest BCUT2D eigenvalue weighted by atomic mass is 16.5. The van der Waals surface area contributed by atoms with Crippen LogP contribution in [0.4, 0.5) is 0 Å². The summed E-state index contributed by atoms with van der Waals surface area (Å²) in [5.74, 6) is -1.14. The molecule has 2 aromatic rings. The number of carbonyl (C=O) groups is 2. The number of fused-ring (bicyclic) bond motifs is 3. The number of hydrogen-bond donors (Lipinski definition) is 1. The SMILES string of the molecule is Cc1cc(C)n(C)c(=O)c1C(=O)N1C[C@@H]2c3ccccc3OC[C@]2(C(=O)O)C1. The normalized spacial score (nSPS) is 23.0. The molecule has 1 aromatic heterocycles. The highest BCUT2D eigenvalue weighted by Gasteiger charge is 2.57. The second-order valence-corrected chi connectivity index (χ2v) is 7.73. The molecule has 1 aromatic carbocycles. The van der Waals surface area contributed by atoms with Crippen LogP contribution in [0.2, 0.25) is 0 Å². The number of para-hydroxylation sites is 1. The van der Waals surface area contributed by atoms with E-state index in [0.717, 1.165) is 11.3 Å². The summed E-state index contributed by atoms with van der Waals surface area (Å²) >= 11 is 0. The van der Waals surface area contributed by atoms with Gasteiger partial charge >= 0.3 is 5.97 Å². The number of pyridine rings is 1. The Balaban J connectivity index is 1.77. The average molecular weight is 382 g/mol. The van der Waals surface area contributed by atoms with Crippen LogP contribution in [0, 0.1) is 19.3 Å². The average Bonchev–Trinajstić information content (AvgIpc) is 3.08. The number of likely N-dealkylation sites (tertiary alicyclic amines) is 1. The van der Waals surface area contributed by atoms with Gasteiger partial charge < -0.3 is 19.3 Å². The minimum atomic E-state index is -1.21. The van der Waals surface area contributed by atoms with Crippen molar-refractivity contribution < 1.29 is 19.4 Å². The smallest absolute Gasteiger partial charge is 0.315 e. The third-order valence-corrected chi connectivity index (χ3v) is 6.12. The summed E-state index contributed by atoms with van der Waals surface area (Å²) in [6, 6.07) is 9.13. The van der Waals surface area contributed by atoms with Crippen LogP contribution in [0.15, 0.2) is 35.1 Å². The van der Waals surface area contributed by atoms with Gasteiger partial charge in [0.25, 0.3) is 11.5 Å². The van der Waals surface area contributed by atoms with Gasteiger partial charge in [0.1, 0.15) is 23.3 Å². The van der Waals surface area contributed by atoms with Crippen LogP contribution in [-0.4, -0.2) is 46.1 Å². The van der Waals surface area contributed by atoms with Gasteiger partial charge in [0.05, 0.1) is 0 Å². The lowest BCUT2D eigenvalue weighted by atomic mass is 9.73. The van der Waals surface area contributed by atoms with E-state index in [9.17, 15) is 19.5 Å². The zero-order valence-electron chi connectivity index (χ0n) is 16.1. The fourth-order valence-corrected chi connectivity index (χ4v) is 4.39. The number of ether oxygens (including phenoxy) is 1. The topological polar surface area (TPSA) is 88.8 Å². The van der Waals surface area contributed by atoms with E-state index in [0.29, 0.717) is 11.3 Å². The van der Waals surface area contributed by atoms with E-state index in [4.69, 9.17) is 4.74 Å². The van der Waals surface area contributed by atoms with E-state index in [-0.39, 0.29) is 36.7 Å². The van der Waals surface area contributed by atoms with Crippen molar-refractivity contribution in [1.29, 1.82) is 0 Å². The number of rotatable bonds is 2. The summed E-state index contributed by atoms with van der Waals surface area (Å²) in [5.41, 5.74) is 0.674. The fourth-order valence-electron chi connectivity index (χ4n) is 4.39. The Kier molecular flexibility index (Phi) is 4.06. The van der Waals surface area contributed by atoms with Crippen molar-refractivity contribution >= 4 is 11.9 Å². The Morgan fingerprint density at radius 3 is 2.68 bits per heavy atom. The minimum Gasteiger partial charge on any atom is -0.492 e. The molecule has 0 radical (unpaired) electrons. The molecule has 28 heavy (non-hydrogen) atoms. The molecule has 3 heterocycles. The van der Waals surface area contributed by atoms with Gasteiger partial charge in [-0.25, -0.2) is 0 Å². The third kappa shape index (κ3) is 2.46. The Morgan fingerprint density at radius 2 is 1.96 bits per heavy atom. The highest BCUT2D eigenvalue weighted by molar-refractivity contribution is 5.96. The molecular formula is C21H22N2O5. The largest absolute Gasteiger partial charge is 0.492 e. The molecule has 1 fully saturated rings. The zero-order valence-corrected chi connectivity index (χ0v) is 16.1. The molecule has 0 bridgehead atoms. The second-order valence-electron chi connectivity index (χ2n) is 7.73. The van der Waals surface area contributed by atoms with Crippen molar-refractivity contribution in [2.75, 3.05) is 19.7 Å². The number of aryl methyl sites for hydroxylation is 2. The zero-order chi connectivity index (χ0) is 20.2. The number of nitrogens with zero attached hydrogens (tertiary/aromatic N) is 2. The van der Waals surface area contributed by atoms with Gasteiger partial charge in [-0.15, -0.1) is 0 Å². The molecular weight excluding hydrogens is 360 g/mol. The van der Waals surface area contributed by atoms with Crippen LogP contribution >= 0.6 is 0 Å². The van der Waals surface area contributed by atoms with E-state index in [2.05, 4.69) is 0 Å². The number of carbonyl (C=O) groups excluding carboxylic acids is 1. The number of aliphatic carboxylic acids is 1. The first kappa shape index (κ1) is 18.3. The summed E-state index contributed by atoms with van der Waals surface area (Å²) < 4.78 is 7.17. The van der Waals surface area contributed by atoms with Gasteiger partial charge in [-0.1, -0.05) is 18.2 Å². The van der Waals surface area contributed by atoms with Crippen molar-refractivity contribution in [2.24, 2.45) is 12.5 Å². The molecule has 4 rings (SSSR count). The van der Waals surface area contributed by atoms with E-state index in [1.807, 2.05) is 24.3 Å². The lowest BCUT2D eigenvalue weighted by Crippen LogP contribution is -2.46. The first-order valence-electron chi connectivity index (χ1n) is 9.18. The maximum atomic E-state index is 13.3. The molecule has 1 N–H and O–H groups in total. The van der Waals surface area contributed by atoms with E-state index in [1.165, 1.54) is 9.47 Å². The van der Waals surface area contributed by atoms with Crippen molar-refractivity contribution in [1.82, 2.24) is 9.47 Å². The van der Waals surface area contributed by atoms with Gasteiger partial charge in [0, 0.05) is 37.3 Å². The lowest BCUT2D eigenvalue weighted by Gasteiger charge is -2.35. The summed E-state index contributed by atoms with van der Waals surface area (Å²) in [7, 11) is 1.63. The minimum absolute atomic E-state index is 0.00131. The Hall–Kier alpha value is -3.09. The molecule has 1 amide bonds. The predicted octanol–water partition coefficient (Wildman–Crippen LogP) is 1.71. The number of hydrogen-bond acceptors (Lipinski definition) is 4. The van der Waals surface area contributed by atoms with E-state index < -0.39 is 17.3 Å². The van der Waals surface area contributed by atoms with Crippen LogP contribution in [0.3, 0.4) is 0 Å². The van der Waals surface area contributed by atoms with Gasteiger partial charge in [0.2, 0.25) is 0 Å². The molecule has 146 valence electrons. The van der Waals surface area contributed by atoms with Gasteiger partial charge in [-0.05, 0) is 31.5 Å². The third-order valence-electron chi connectivity index (χ3n) is 6.12. The molecule has 0 spiro atoms. The van der Waals surface area contributed by atoms with Crippen LogP contribution in [-0.2, 0) is 11.8 Å². The van der Waals surface area contributed by atoms with Crippen LogP contribution in [0.25, 0.3) is 0 Å². The summed E-state index contributed by atoms with van der Waals surface area (Å²) in [4.78, 5) is 39.7. The standard InChI is InChI=1S/C21H22N2O5/c1-12-8-13(2)22(3)18(24)17(12)19(25)23-9-15-14-6-4-5-7-16(14)28-11-21(15,10-23)20(26)27/h4-8,15H,9-11H2,1-3H3,(H,26,27)/t15-,21-/m1/s1. The summed E-state index contributed by atoms with van der Waals surface area (Å²) in [6.07, 6.45) is 0. The molecule has 0 unspecified atom stereocenters. The first-order chi connectivity index (χ1) is 13.3. The second kappa shape index (κ2) is 6.22. The maximum Gasteiger partial charge on any atom is 0.315 e. The first-order valence-corrected chi connectivity index (χ1v) is 9.18. The number of benzene rings is 1. The number of amides is 1. The molecule has 1 saturated heterocycles. The van der Waals surface area contributed by atoms with Crippen LogP contribution in [0.1, 0.15) is 33.1 Å². The number of carboxylic acids is 1. The van der Waals surface area contributed by atoms with E-state index >= 15 is 0 Å². The van der Waals surface area contributed by atoms with Gasteiger partial charge in [0.15, 0.2) is 0 Å². The number of carboxylic acid groups (broad SMARTS) is 1. The predicted molar refractivity (Wildman–Crippen MR) is 102 cm³/mol. The Morgan fingerprint density at radius 1 is 1.25 bits per heavy atom. The molecule has 7 heteroatoms. The number of aromatic nitrogens is 1. The van der Waals surface area contributed by atoms with Crippen molar-refractivity contribution in [3.05, 3.63) is 63.1 Å². The van der Waals surface area contributed by atoms with Gasteiger partial charge in [-0.3, -0.25) is 14.4 Å². The molecule has 2 aliphatic heterocycles. The van der Waals surface area contributed by atoms with Crippen molar-refractivity contribution in [2.45, 2.75) is 19.8 Å². The molecule has 2 atom stereocenters. The van der Waals surface area contributed by atoms with Crippen LogP contribution in [0.5, 0.6) is 5.75 Å². The van der Waals surface area contributed by atoms with Crippen molar-refractivity contribution in [3.63, 3.8) is 0 Å². The van der Waals surface area contributed by atoms with Crippen LogP contribution < -0.4 is 10.3 Å². The highest BCUT2D eigenvalue weighted by Crippen LogP contribution is 2.49. The maximum absolute atomic E-state index is 13.3. The monoisotopic (exact) mass is 382 g/mol. The van der Waals surface area contributed by atoms with E-state index in [1.54, 1.807) is 27.0 Å². The fraction of sp³-hybridized carbons (Fsp3) is 0.381. The molecule has 0 saturated carbocycles. The quantitative estimate of drug-likeness (QED) is 0.854. The summed E-state index contributed by atoms with van der Waals surface area (Å²) in [6.45, 7) is 3.79. The molecule has 7 nitrogen and oxygen atoms in total. The molecule has 0 aliphatic carbocycles. The Labute approximate surface area is 162 Å². The van der Waals surface area contributed by atoms with Gasteiger partial charge in [-0.2, -0.15) is 0 Å². The molecule has 2 aliphatic rings. The summed E-state index contributed by atoms with van der Waals surface area (Å²) in [5, 5.41) is 10.0. The lowest BCUT2D eigenvalue weighted by molar-refractivity contribution is -0.151. The van der Waals surface area contributed by atoms with Crippen molar-refractivity contribution in [3.8, 4) is 5.75 Å².